The molecule has 1 aliphatic rings. The number of nitrogens with one attached hydrogen (secondary N) is 1. The van der Waals surface area contributed by atoms with Gasteiger partial charge in [-0.25, -0.2) is 4.98 Å². The summed E-state index contributed by atoms with van der Waals surface area (Å²) in [5.41, 5.74) is 2.08. The molecule has 7 heteroatoms. The van der Waals surface area contributed by atoms with Crippen LogP contribution in [0.25, 0.3) is 17.0 Å². The van der Waals surface area contributed by atoms with Crippen LogP contribution in [0, 0.1) is 6.92 Å². The van der Waals surface area contributed by atoms with Gasteiger partial charge in [0.25, 0.3) is 0 Å². The monoisotopic (exact) mass is 418 g/mol. The van der Waals surface area contributed by atoms with E-state index in [2.05, 4.69) is 15.3 Å². The van der Waals surface area contributed by atoms with Crippen LogP contribution in [0.2, 0.25) is 0 Å². The van der Waals surface area contributed by atoms with Gasteiger partial charge in [-0.1, -0.05) is 18.2 Å². The highest BCUT2D eigenvalue weighted by molar-refractivity contribution is 6.03. The molecule has 0 aliphatic carbocycles. The quantitative estimate of drug-likeness (QED) is 0.635. The number of fused-ring (bicyclic) bond motifs is 2. The van der Waals surface area contributed by atoms with E-state index in [9.17, 15) is 4.79 Å². The van der Waals surface area contributed by atoms with Gasteiger partial charge < -0.3 is 19.4 Å². The van der Waals surface area contributed by atoms with Gasteiger partial charge in [0, 0.05) is 37.3 Å². The zero-order valence-corrected chi connectivity index (χ0v) is 18.4. The molecule has 0 bridgehead atoms. The van der Waals surface area contributed by atoms with E-state index in [0.29, 0.717) is 23.9 Å². The summed E-state index contributed by atoms with van der Waals surface area (Å²) in [5.74, 6) is 2.61. The molecule has 0 spiro atoms. The number of hydrogen-bond donors (Lipinski definition) is 1. The highest BCUT2D eigenvalue weighted by Crippen LogP contribution is 2.33. The minimum atomic E-state index is -0.577. The highest BCUT2D eigenvalue weighted by Gasteiger charge is 2.33. The molecule has 2 aromatic heterocycles. The van der Waals surface area contributed by atoms with E-state index in [1.807, 2.05) is 51.1 Å². The van der Waals surface area contributed by atoms with Gasteiger partial charge >= 0.3 is 0 Å². The number of amides is 1. The van der Waals surface area contributed by atoms with Crippen molar-refractivity contribution in [1.82, 2.24) is 9.88 Å². The topological polar surface area (TPSA) is 80.0 Å². The maximum atomic E-state index is 12.6. The van der Waals surface area contributed by atoms with Crippen molar-refractivity contribution < 1.29 is 13.9 Å². The molecule has 0 radical (unpaired) electrons. The fourth-order valence-electron chi connectivity index (χ4n) is 3.60. The SMILES string of the molecule is CN=C1Nc2ncc(C=CC(=O)N(C)Cc3oc4ccccc4c3C)cc2OC1(C)C. The van der Waals surface area contributed by atoms with Gasteiger partial charge in [0.15, 0.2) is 17.2 Å². The van der Waals surface area contributed by atoms with E-state index in [-0.39, 0.29) is 5.91 Å². The number of rotatable bonds is 4. The smallest absolute Gasteiger partial charge is 0.246 e. The summed E-state index contributed by atoms with van der Waals surface area (Å²) in [6.07, 6.45) is 4.95. The molecule has 0 saturated carbocycles. The first kappa shape index (κ1) is 20.7. The Labute approximate surface area is 181 Å². The Hall–Kier alpha value is -3.61. The first-order valence-electron chi connectivity index (χ1n) is 10.1. The molecule has 3 heterocycles. The molecule has 0 fully saturated rings. The van der Waals surface area contributed by atoms with E-state index in [1.54, 1.807) is 31.3 Å². The average molecular weight is 418 g/mol. The van der Waals surface area contributed by atoms with Crippen molar-refractivity contribution in [3.05, 3.63) is 59.5 Å². The maximum Gasteiger partial charge on any atom is 0.246 e. The van der Waals surface area contributed by atoms with Crippen molar-refractivity contribution in [2.45, 2.75) is 32.9 Å². The molecule has 1 N–H and O–H groups in total. The first-order chi connectivity index (χ1) is 14.8. The maximum absolute atomic E-state index is 12.6. The van der Waals surface area contributed by atoms with E-state index >= 15 is 0 Å². The molecule has 0 atom stereocenters. The number of likely N-dealkylation sites (N-methyl/N-ethyl adjacent to an activating group) is 1. The number of para-hydroxylation sites is 1. The van der Waals surface area contributed by atoms with Crippen LogP contribution in [0.5, 0.6) is 5.75 Å². The van der Waals surface area contributed by atoms with Gasteiger partial charge in [-0.3, -0.25) is 9.79 Å². The summed E-state index contributed by atoms with van der Waals surface area (Å²) >= 11 is 0. The summed E-state index contributed by atoms with van der Waals surface area (Å²) < 4.78 is 12.0. The van der Waals surface area contributed by atoms with Crippen molar-refractivity contribution in [3.63, 3.8) is 0 Å². The summed E-state index contributed by atoms with van der Waals surface area (Å²) in [4.78, 5) is 22.9. The van der Waals surface area contributed by atoms with Crippen LogP contribution in [-0.4, -0.2) is 41.3 Å². The number of carbonyl (C=O) groups excluding carboxylic acids is 1. The lowest BCUT2D eigenvalue weighted by Crippen LogP contribution is -2.46. The summed E-state index contributed by atoms with van der Waals surface area (Å²) in [6.45, 7) is 6.28. The minimum Gasteiger partial charge on any atom is -0.476 e. The molecule has 1 aromatic carbocycles. The molecule has 1 aliphatic heterocycles. The summed E-state index contributed by atoms with van der Waals surface area (Å²) in [7, 11) is 3.47. The van der Waals surface area contributed by atoms with E-state index < -0.39 is 5.60 Å². The molecular weight excluding hydrogens is 392 g/mol. The lowest BCUT2D eigenvalue weighted by Gasteiger charge is -2.33. The highest BCUT2D eigenvalue weighted by atomic mass is 16.5. The summed E-state index contributed by atoms with van der Waals surface area (Å²) in [6, 6.07) is 9.74. The van der Waals surface area contributed by atoms with Crippen molar-refractivity contribution in [2.24, 2.45) is 4.99 Å². The van der Waals surface area contributed by atoms with Crippen molar-refractivity contribution >= 4 is 34.6 Å². The Kier molecular flexibility index (Phi) is 5.27. The second-order valence-corrected chi connectivity index (χ2v) is 8.10. The molecular formula is C24H26N4O3. The van der Waals surface area contributed by atoms with Crippen LogP contribution in [0.4, 0.5) is 5.82 Å². The fraction of sp³-hybridized carbons (Fsp3) is 0.292. The van der Waals surface area contributed by atoms with E-state index in [4.69, 9.17) is 9.15 Å². The standard InChI is InChI=1S/C24H26N4O3/c1-15-17-8-6-7-9-18(17)30-20(15)14-28(5)21(29)11-10-16-12-19-22(26-13-16)27-23(25-4)24(2,3)31-19/h6-13H,14H2,1-5H3,(H,25,26,27). The van der Waals surface area contributed by atoms with Crippen LogP contribution >= 0.6 is 0 Å². The molecule has 160 valence electrons. The van der Waals surface area contributed by atoms with Gasteiger partial charge in [-0.2, -0.15) is 0 Å². The molecule has 1 amide bonds. The number of aromatic nitrogens is 1. The Bertz CT molecular complexity index is 1210. The number of carbonyl (C=O) groups is 1. The lowest BCUT2D eigenvalue weighted by atomic mass is 10.1. The molecule has 4 rings (SSSR count). The first-order valence-corrected chi connectivity index (χ1v) is 10.1. The predicted octanol–water partition coefficient (Wildman–Crippen LogP) is 4.42. The molecule has 0 saturated heterocycles. The third kappa shape index (κ3) is 4.03. The van der Waals surface area contributed by atoms with Gasteiger partial charge in [-0.15, -0.1) is 0 Å². The number of pyridine rings is 1. The number of aryl methyl sites for hydroxylation is 1. The van der Waals surface area contributed by atoms with Gasteiger partial charge in [0.1, 0.15) is 17.2 Å². The molecule has 0 unspecified atom stereocenters. The van der Waals surface area contributed by atoms with Gasteiger partial charge in [-0.05, 0) is 44.5 Å². The Morgan fingerprint density at radius 2 is 2.10 bits per heavy atom. The van der Waals surface area contributed by atoms with E-state index in [1.165, 1.54) is 6.08 Å². The Morgan fingerprint density at radius 1 is 1.32 bits per heavy atom. The number of hydrogen-bond acceptors (Lipinski definition) is 5. The normalized spacial score (nSPS) is 16.2. The molecule has 7 nitrogen and oxygen atoms in total. The largest absolute Gasteiger partial charge is 0.476 e. The van der Waals surface area contributed by atoms with E-state index in [0.717, 1.165) is 27.9 Å². The Balaban J connectivity index is 1.47. The number of amidine groups is 1. The zero-order chi connectivity index (χ0) is 22.2. The van der Waals surface area contributed by atoms with Gasteiger partial charge in [0.05, 0.1) is 6.54 Å². The third-order valence-corrected chi connectivity index (χ3v) is 5.39. The lowest BCUT2D eigenvalue weighted by molar-refractivity contribution is -0.125. The zero-order valence-electron chi connectivity index (χ0n) is 18.4. The summed E-state index contributed by atoms with van der Waals surface area (Å²) in [5, 5.41) is 4.27. The Morgan fingerprint density at radius 3 is 2.84 bits per heavy atom. The van der Waals surface area contributed by atoms with Crippen LogP contribution < -0.4 is 10.1 Å². The number of benzene rings is 1. The van der Waals surface area contributed by atoms with Crippen molar-refractivity contribution in [3.8, 4) is 5.75 Å². The van der Waals surface area contributed by atoms with Crippen molar-refractivity contribution in [2.75, 3.05) is 19.4 Å². The third-order valence-electron chi connectivity index (χ3n) is 5.39. The van der Waals surface area contributed by atoms with Crippen LogP contribution in [0.3, 0.4) is 0 Å². The number of nitrogens with zero attached hydrogens (tertiary/aromatic N) is 3. The second kappa shape index (κ2) is 7.91. The minimum absolute atomic E-state index is 0.127. The van der Waals surface area contributed by atoms with Crippen LogP contribution in [0.15, 0.2) is 52.0 Å². The molecule has 3 aromatic rings. The van der Waals surface area contributed by atoms with Crippen molar-refractivity contribution in [1.29, 1.82) is 0 Å². The van der Waals surface area contributed by atoms with Crippen LogP contribution in [-0.2, 0) is 11.3 Å². The second-order valence-electron chi connectivity index (χ2n) is 8.10. The number of aliphatic imine (C=N–C) groups is 1. The fourth-order valence-corrected chi connectivity index (χ4v) is 3.60. The average Bonchev–Trinajstić information content (AvgIpc) is 3.06. The van der Waals surface area contributed by atoms with Gasteiger partial charge in [0.2, 0.25) is 5.91 Å². The van der Waals surface area contributed by atoms with Crippen LogP contribution in [0.1, 0.15) is 30.7 Å². The number of furan rings is 1. The number of ether oxygens (including phenoxy) is 1. The molecule has 31 heavy (non-hydrogen) atoms. The number of anilines is 1. The predicted molar refractivity (Wildman–Crippen MR) is 122 cm³/mol.